The fourth-order valence-corrected chi connectivity index (χ4v) is 0.916. The Morgan fingerprint density at radius 1 is 1.56 bits per heavy atom. The van der Waals surface area contributed by atoms with E-state index in [-0.39, 0.29) is 5.56 Å². The molecule has 3 heteroatoms. The molecule has 2 nitrogen and oxygen atoms in total. The van der Waals surface area contributed by atoms with Crippen molar-refractivity contribution in [1.29, 1.82) is 0 Å². The number of hydrogen-bond donors (Lipinski definition) is 1. The lowest BCUT2D eigenvalue weighted by atomic mass is 10.4. The largest absolute Gasteiger partial charge is 0.278 e. The summed E-state index contributed by atoms with van der Waals surface area (Å²) >= 11 is 1.33. The summed E-state index contributed by atoms with van der Waals surface area (Å²) in [6.07, 6.45) is 0. The summed E-state index contributed by atoms with van der Waals surface area (Å²) in [4.78, 5) is 10.4. The van der Waals surface area contributed by atoms with E-state index >= 15 is 0 Å². The Hall–Kier alpha value is -0.570. The minimum Gasteiger partial charge on any atom is -0.278 e. The lowest BCUT2D eigenvalue weighted by molar-refractivity contribution is 1.34. The number of hydrogen-bond acceptors (Lipinski definition) is 2. The van der Waals surface area contributed by atoms with Crippen molar-refractivity contribution in [3.63, 3.8) is 0 Å². The van der Waals surface area contributed by atoms with Crippen molar-refractivity contribution in [2.75, 3.05) is 0 Å². The highest BCUT2D eigenvalue weighted by Crippen LogP contribution is 1.88. The maximum atomic E-state index is 10.4. The summed E-state index contributed by atoms with van der Waals surface area (Å²) in [5.74, 6) is 0. The third-order valence-corrected chi connectivity index (χ3v) is 1.52. The van der Waals surface area contributed by atoms with Crippen LogP contribution < -0.4 is 5.56 Å². The average Bonchev–Trinajstić information content (AvgIpc) is 2.23. The Kier molecular flexibility index (Phi) is 4.05. The average molecular weight is 145 g/mol. The van der Waals surface area contributed by atoms with Gasteiger partial charge in [-0.05, 0) is 6.92 Å². The van der Waals surface area contributed by atoms with Crippen molar-refractivity contribution in [2.24, 2.45) is 0 Å². The third-order valence-electron chi connectivity index (χ3n) is 0.745. The molecule has 1 heterocycles. The molecule has 0 saturated carbocycles. The van der Waals surface area contributed by atoms with Crippen LogP contribution in [0.1, 0.15) is 19.4 Å². The van der Waals surface area contributed by atoms with Crippen molar-refractivity contribution >= 4 is 11.5 Å². The Morgan fingerprint density at radius 3 is 2.22 bits per heavy atom. The molecule has 0 unspecified atom stereocenters. The van der Waals surface area contributed by atoms with Crippen LogP contribution in [0.3, 0.4) is 0 Å². The smallest absolute Gasteiger partial charge is 0.260 e. The van der Waals surface area contributed by atoms with Crippen LogP contribution >= 0.6 is 11.5 Å². The summed E-state index contributed by atoms with van der Waals surface area (Å²) in [6.45, 7) is 5.79. The molecule has 0 spiro atoms. The van der Waals surface area contributed by atoms with E-state index in [1.54, 1.807) is 12.3 Å². The quantitative estimate of drug-likeness (QED) is 0.593. The van der Waals surface area contributed by atoms with E-state index in [0.29, 0.717) is 0 Å². The molecule has 0 bridgehead atoms. The van der Waals surface area contributed by atoms with E-state index in [1.807, 2.05) is 13.8 Å². The van der Waals surface area contributed by atoms with Gasteiger partial charge in [-0.2, -0.15) is 0 Å². The van der Waals surface area contributed by atoms with Crippen LogP contribution in [0.15, 0.2) is 10.2 Å². The molecule has 0 radical (unpaired) electrons. The van der Waals surface area contributed by atoms with Crippen molar-refractivity contribution in [3.05, 3.63) is 21.3 Å². The summed E-state index contributed by atoms with van der Waals surface area (Å²) < 4.78 is 2.55. The van der Waals surface area contributed by atoms with Gasteiger partial charge in [0.1, 0.15) is 0 Å². The Bertz CT molecular complexity index is 201. The molecule has 1 aromatic heterocycles. The van der Waals surface area contributed by atoms with E-state index in [0.717, 1.165) is 5.56 Å². The minimum absolute atomic E-state index is 0.0324. The Balaban J connectivity index is 0.000000291. The monoisotopic (exact) mass is 145 g/mol. The molecule has 0 aliphatic carbocycles. The van der Waals surface area contributed by atoms with Gasteiger partial charge < -0.3 is 0 Å². The number of aromatic amines is 1. The molecule has 0 amide bonds. The molecule has 0 fully saturated rings. The van der Waals surface area contributed by atoms with Crippen molar-refractivity contribution in [2.45, 2.75) is 20.8 Å². The Labute approximate surface area is 58.7 Å². The van der Waals surface area contributed by atoms with Crippen molar-refractivity contribution in [3.8, 4) is 0 Å². The predicted octanol–water partition coefficient (Wildman–Crippen LogP) is 1.77. The van der Waals surface area contributed by atoms with E-state index in [1.165, 1.54) is 11.5 Å². The highest BCUT2D eigenvalue weighted by atomic mass is 32.1. The van der Waals surface area contributed by atoms with Gasteiger partial charge in [-0.3, -0.25) is 9.17 Å². The maximum Gasteiger partial charge on any atom is 0.260 e. The third kappa shape index (κ3) is 2.46. The first-order chi connectivity index (χ1) is 4.30. The molecular formula is C6H11NOS. The van der Waals surface area contributed by atoms with Gasteiger partial charge in [-0.1, -0.05) is 25.4 Å². The van der Waals surface area contributed by atoms with Crippen LogP contribution in [0.5, 0.6) is 0 Å². The summed E-state index contributed by atoms with van der Waals surface area (Å²) in [6, 6.07) is 0. The second kappa shape index (κ2) is 4.32. The van der Waals surface area contributed by atoms with Crippen LogP contribution in [0, 0.1) is 6.92 Å². The molecule has 0 aromatic carbocycles. The topological polar surface area (TPSA) is 32.9 Å². The molecule has 1 rings (SSSR count). The van der Waals surface area contributed by atoms with E-state index in [2.05, 4.69) is 4.37 Å². The van der Waals surface area contributed by atoms with Gasteiger partial charge in [0.2, 0.25) is 0 Å². The SMILES string of the molecule is CC.Cc1cs[nH]c1=O. The molecule has 1 aromatic rings. The molecule has 0 aliphatic rings. The number of H-pyrrole nitrogens is 1. The summed E-state index contributed by atoms with van der Waals surface area (Å²) in [5, 5.41) is 1.79. The van der Waals surface area contributed by atoms with Crippen LogP contribution in [-0.4, -0.2) is 4.37 Å². The zero-order valence-corrected chi connectivity index (χ0v) is 6.71. The second-order valence-corrected chi connectivity index (χ2v) is 2.03. The number of aromatic nitrogens is 1. The predicted molar refractivity (Wildman–Crippen MR) is 41.0 cm³/mol. The van der Waals surface area contributed by atoms with E-state index < -0.39 is 0 Å². The summed E-state index contributed by atoms with van der Waals surface area (Å²) in [7, 11) is 0. The van der Waals surface area contributed by atoms with Crippen molar-refractivity contribution in [1.82, 2.24) is 4.37 Å². The number of aryl methyl sites for hydroxylation is 1. The molecule has 9 heavy (non-hydrogen) atoms. The lowest BCUT2D eigenvalue weighted by Gasteiger charge is -1.64. The molecule has 0 aliphatic heterocycles. The first-order valence-corrected chi connectivity index (χ1v) is 3.81. The highest BCUT2D eigenvalue weighted by molar-refractivity contribution is 7.03. The fourth-order valence-electron chi connectivity index (χ4n) is 0.305. The maximum absolute atomic E-state index is 10.4. The zero-order chi connectivity index (χ0) is 7.28. The second-order valence-electron chi connectivity index (χ2n) is 1.35. The summed E-state index contributed by atoms with van der Waals surface area (Å²) in [5.41, 5.74) is 0.829. The van der Waals surface area contributed by atoms with Gasteiger partial charge >= 0.3 is 0 Å². The van der Waals surface area contributed by atoms with E-state index in [4.69, 9.17) is 0 Å². The molecular weight excluding hydrogens is 134 g/mol. The molecule has 0 atom stereocenters. The van der Waals surface area contributed by atoms with Crippen LogP contribution in [0.25, 0.3) is 0 Å². The van der Waals surface area contributed by atoms with Gasteiger partial charge in [0, 0.05) is 10.9 Å². The van der Waals surface area contributed by atoms with Crippen molar-refractivity contribution < 1.29 is 0 Å². The number of rotatable bonds is 0. The van der Waals surface area contributed by atoms with Crippen LogP contribution in [0.2, 0.25) is 0 Å². The highest BCUT2D eigenvalue weighted by Gasteiger charge is 1.86. The van der Waals surface area contributed by atoms with Gasteiger partial charge in [0.15, 0.2) is 0 Å². The molecule has 1 N–H and O–H groups in total. The standard InChI is InChI=1S/C4H5NOS.C2H6/c1-3-2-7-5-4(3)6;1-2/h2H,1H3,(H,5,6);1-2H3. The van der Waals surface area contributed by atoms with Crippen LogP contribution in [-0.2, 0) is 0 Å². The normalized spacial score (nSPS) is 7.89. The van der Waals surface area contributed by atoms with Gasteiger partial charge in [-0.25, -0.2) is 0 Å². The van der Waals surface area contributed by atoms with Gasteiger partial charge in [0.05, 0.1) is 0 Å². The number of nitrogens with one attached hydrogen (secondary N) is 1. The molecule has 52 valence electrons. The van der Waals surface area contributed by atoms with Crippen LogP contribution in [0.4, 0.5) is 0 Å². The Morgan fingerprint density at radius 2 is 2.11 bits per heavy atom. The van der Waals surface area contributed by atoms with Gasteiger partial charge in [0.25, 0.3) is 5.56 Å². The molecule has 0 saturated heterocycles. The lowest BCUT2D eigenvalue weighted by Crippen LogP contribution is -1.98. The fraction of sp³-hybridized carbons (Fsp3) is 0.500. The minimum atomic E-state index is 0.0324. The first kappa shape index (κ1) is 8.43. The van der Waals surface area contributed by atoms with Gasteiger partial charge in [-0.15, -0.1) is 0 Å². The van der Waals surface area contributed by atoms with E-state index in [9.17, 15) is 4.79 Å². The first-order valence-electron chi connectivity index (χ1n) is 2.93. The zero-order valence-electron chi connectivity index (χ0n) is 5.89.